The fraction of sp³-hybridized carbons (Fsp3) is 0.333. The Bertz CT molecular complexity index is 619. The Balaban J connectivity index is 1.49. The van der Waals surface area contributed by atoms with Crippen molar-refractivity contribution in [1.82, 2.24) is 15.6 Å². The van der Waals surface area contributed by atoms with Gasteiger partial charge in [-0.3, -0.25) is 4.98 Å². The lowest BCUT2D eigenvalue weighted by Crippen LogP contribution is -2.46. The Hall–Kier alpha value is -2.56. The van der Waals surface area contributed by atoms with E-state index >= 15 is 0 Å². The highest BCUT2D eigenvalue weighted by atomic mass is 16.5. The molecule has 1 aliphatic rings. The van der Waals surface area contributed by atoms with Crippen molar-refractivity contribution in [1.29, 1.82) is 0 Å². The highest BCUT2D eigenvalue weighted by Crippen LogP contribution is 2.24. The minimum atomic E-state index is -0.157. The summed E-state index contributed by atoms with van der Waals surface area (Å²) in [6, 6.07) is 13.4. The number of para-hydroxylation sites is 1. The molecular formula is C18H21N3O2. The normalized spacial score (nSPS) is 20.0. The summed E-state index contributed by atoms with van der Waals surface area (Å²) in [4.78, 5) is 16.0. The molecule has 1 aliphatic carbocycles. The highest BCUT2D eigenvalue weighted by molar-refractivity contribution is 5.74. The first-order valence-corrected chi connectivity index (χ1v) is 7.96. The van der Waals surface area contributed by atoms with Crippen molar-refractivity contribution in [2.45, 2.75) is 38.0 Å². The fourth-order valence-corrected chi connectivity index (χ4v) is 2.81. The molecule has 1 heterocycles. The minimum Gasteiger partial charge on any atom is -0.488 e. The number of aromatic nitrogens is 1. The Morgan fingerprint density at radius 3 is 2.70 bits per heavy atom. The van der Waals surface area contributed by atoms with E-state index in [0.29, 0.717) is 6.54 Å². The number of carbonyl (C=O) groups excluding carboxylic acids is 1. The highest BCUT2D eigenvalue weighted by Gasteiger charge is 2.30. The smallest absolute Gasteiger partial charge is 0.315 e. The van der Waals surface area contributed by atoms with Crippen LogP contribution >= 0.6 is 0 Å². The molecule has 120 valence electrons. The van der Waals surface area contributed by atoms with Crippen molar-refractivity contribution in [3.8, 4) is 5.75 Å². The van der Waals surface area contributed by atoms with Gasteiger partial charge in [-0.05, 0) is 49.1 Å². The summed E-state index contributed by atoms with van der Waals surface area (Å²) >= 11 is 0. The van der Waals surface area contributed by atoms with Crippen molar-refractivity contribution in [3.63, 3.8) is 0 Å². The van der Waals surface area contributed by atoms with Crippen molar-refractivity contribution in [2.75, 3.05) is 0 Å². The molecule has 1 saturated carbocycles. The van der Waals surface area contributed by atoms with Crippen LogP contribution in [0.15, 0.2) is 54.9 Å². The first-order valence-electron chi connectivity index (χ1n) is 7.96. The molecule has 2 N–H and O–H groups in total. The SMILES string of the molecule is O=C(NCc1ccncc1)NC1CCCC1Oc1ccccc1. The van der Waals surface area contributed by atoms with E-state index in [1.807, 2.05) is 42.5 Å². The second-order valence-corrected chi connectivity index (χ2v) is 5.69. The van der Waals surface area contributed by atoms with Crippen LogP contribution in [-0.2, 0) is 6.54 Å². The van der Waals surface area contributed by atoms with Crippen molar-refractivity contribution >= 4 is 6.03 Å². The quantitative estimate of drug-likeness (QED) is 0.892. The number of hydrogen-bond acceptors (Lipinski definition) is 3. The van der Waals surface area contributed by atoms with Gasteiger partial charge in [0.1, 0.15) is 11.9 Å². The number of benzene rings is 1. The number of nitrogens with zero attached hydrogens (tertiary/aromatic N) is 1. The summed E-state index contributed by atoms with van der Waals surface area (Å²) in [5.41, 5.74) is 1.03. The zero-order valence-electron chi connectivity index (χ0n) is 12.9. The second kappa shape index (κ2) is 7.63. The maximum absolute atomic E-state index is 12.1. The van der Waals surface area contributed by atoms with E-state index in [-0.39, 0.29) is 18.2 Å². The van der Waals surface area contributed by atoms with Crippen LogP contribution in [0.5, 0.6) is 5.75 Å². The average molecular weight is 311 g/mol. The van der Waals surface area contributed by atoms with Gasteiger partial charge in [-0.15, -0.1) is 0 Å². The molecule has 23 heavy (non-hydrogen) atoms. The molecule has 0 spiro atoms. The number of carbonyl (C=O) groups is 1. The van der Waals surface area contributed by atoms with Gasteiger partial charge in [-0.25, -0.2) is 4.79 Å². The number of ether oxygens (including phenoxy) is 1. The Morgan fingerprint density at radius 2 is 1.91 bits per heavy atom. The van der Waals surface area contributed by atoms with Gasteiger partial charge >= 0.3 is 6.03 Å². The summed E-state index contributed by atoms with van der Waals surface area (Å²) in [6.07, 6.45) is 6.44. The van der Waals surface area contributed by atoms with Crippen LogP contribution < -0.4 is 15.4 Å². The zero-order chi connectivity index (χ0) is 15.9. The van der Waals surface area contributed by atoms with Crippen molar-refractivity contribution < 1.29 is 9.53 Å². The second-order valence-electron chi connectivity index (χ2n) is 5.69. The molecule has 1 fully saturated rings. The largest absolute Gasteiger partial charge is 0.488 e. The molecule has 2 aromatic rings. The minimum absolute atomic E-state index is 0.0316. The molecule has 5 heteroatoms. The molecule has 2 unspecified atom stereocenters. The third-order valence-corrected chi connectivity index (χ3v) is 4.00. The van der Waals surface area contributed by atoms with Gasteiger partial charge in [0.05, 0.1) is 6.04 Å². The number of amides is 2. The Morgan fingerprint density at radius 1 is 1.13 bits per heavy atom. The van der Waals surface area contributed by atoms with E-state index in [2.05, 4.69) is 15.6 Å². The lowest BCUT2D eigenvalue weighted by Gasteiger charge is -2.22. The van der Waals surface area contributed by atoms with E-state index in [1.54, 1.807) is 12.4 Å². The molecule has 0 aliphatic heterocycles. The predicted molar refractivity (Wildman–Crippen MR) is 88.1 cm³/mol. The van der Waals surface area contributed by atoms with Gasteiger partial charge < -0.3 is 15.4 Å². The lowest BCUT2D eigenvalue weighted by atomic mass is 10.2. The molecule has 1 aromatic carbocycles. The van der Waals surface area contributed by atoms with Gasteiger partial charge in [-0.2, -0.15) is 0 Å². The van der Waals surface area contributed by atoms with E-state index in [0.717, 1.165) is 30.6 Å². The van der Waals surface area contributed by atoms with Crippen LogP contribution in [0.1, 0.15) is 24.8 Å². The predicted octanol–water partition coefficient (Wildman–Crippen LogP) is 2.88. The van der Waals surface area contributed by atoms with E-state index in [9.17, 15) is 4.79 Å². The van der Waals surface area contributed by atoms with Crippen molar-refractivity contribution in [3.05, 3.63) is 60.4 Å². The zero-order valence-corrected chi connectivity index (χ0v) is 12.9. The van der Waals surface area contributed by atoms with Gasteiger partial charge in [0.15, 0.2) is 0 Å². The van der Waals surface area contributed by atoms with Gasteiger partial charge in [0.2, 0.25) is 0 Å². The summed E-state index contributed by atoms with van der Waals surface area (Å²) in [7, 11) is 0. The number of urea groups is 1. The summed E-state index contributed by atoms with van der Waals surface area (Å²) < 4.78 is 6.00. The molecule has 2 atom stereocenters. The van der Waals surface area contributed by atoms with Gasteiger partial charge in [0, 0.05) is 18.9 Å². The van der Waals surface area contributed by atoms with E-state index in [1.165, 1.54) is 0 Å². The lowest BCUT2D eigenvalue weighted by molar-refractivity contribution is 0.172. The molecule has 0 saturated heterocycles. The maximum atomic E-state index is 12.1. The van der Waals surface area contributed by atoms with Crippen LogP contribution in [0, 0.1) is 0 Å². The number of nitrogens with one attached hydrogen (secondary N) is 2. The molecule has 0 radical (unpaired) electrons. The molecule has 1 aromatic heterocycles. The Labute approximate surface area is 136 Å². The topological polar surface area (TPSA) is 63.2 Å². The van der Waals surface area contributed by atoms with Crippen LogP contribution in [0.3, 0.4) is 0 Å². The van der Waals surface area contributed by atoms with Crippen LogP contribution in [-0.4, -0.2) is 23.2 Å². The summed E-state index contributed by atoms with van der Waals surface area (Å²) in [6.45, 7) is 0.491. The summed E-state index contributed by atoms with van der Waals surface area (Å²) in [5, 5.41) is 5.91. The Kier molecular flexibility index (Phi) is 5.09. The first-order chi connectivity index (χ1) is 11.3. The standard InChI is InChI=1S/C18H21N3O2/c22-18(20-13-14-9-11-19-12-10-14)21-16-7-4-8-17(16)23-15-5-2-1-3-6-15/h1-3,5-6,9-12,16-17H,4,7-8,13H2,(H2,20,21,22). The number of rotatable bonds is 5. The van der Waals surface area contributed by atoms with Crippen LogP contribution in [0.25, 0.3) is 0 Å². The monoisotopic (exact) mass is 311 g/mol. The van der Waals surface area contributed by atoms with Crippen molar-refractivity contribution in [2.24, 2.45) is 0 Å². The van der Waals surface area contributed by atoms with Gasteiger partial charge in [-0.1, -0.05) is 18.2 Å². The van der Waals surface area contributed by atoms with Crippen LogP contribution in [0.2, 0.25) is 0 Å². The molecule has 0 bridgehead atoms. The van der Waals surface area contributed by atoms with E-state index in [4.69, 9.17) is 4.74 Å². The molecule has 3 rings (SSSR count). The molecular weight excluding hydrogens is 290 g/mol. The first kappa shape index (κ1) is 15.3. The number of pyridine rings is 1. The van der Waals surface area contributed by atoms with E-state index < -0.39 is 0 Å². The molecule has 2 amide bonds. The third-order valence-electron chi connectivity index (χ3n) is 4.00. The average Bonchev–Trinajstić information content (AvgIpc) is 3.02. The fourth-order valence-electron chi connectivity index (χ4n) is 2.81. The third kappa shape index (κ3) is 4.45. The number of hydrogen-bond donors (Lipinski definition) is 2. The van der Waals surface area contributed by atoms with Crippen LogP contribution in [0.4, 0.5) is 4.79 Å². The van der Waals surface area contributed by atoms with Gasteiger partial charge in [0.25, 0.3) is 0 Å². The summed E-state index contributed by atoms with van der Waals surface area (Å²) in [5.74, 6) is 0.850. The molecule has 5 nitrogen and oxygen atoms in total. The maximum Gasteiger partial charge on any atom is 0.315 e.